The molecule has 0 fully saturated rings. The molecule has 17 heavy (non-hydrogen) atoms. The fourth-order valence-electron chi connectivity index (χ4n) is 1.01. The van der Waals surface area contributed by atoms with Gasteiger partial charge in [0.25, 0.3) is 5.91 Å². The molecule has 1 rings (SSSR count). The minimum atomic E-state index is -0.972. The van der Waals surface area contributed by atoms with E-state index in [9.17, 15) is 14.0 Å². The fraction of sp³-hybridized carbons (Fsp3) is 0.167. The van der Waals surface area contributed by atoms with Gasteiger partial charge in [0.2, 0.25) is 0 Å². The molecule has 0 bridgehead atoms. The van der Waals surface area contributed by atoms with Crippen LogP contribution >= 0.6 is 0 Å². The molecule has 0 aliphatic carbocycles. The Labute approximate surface area is 97.9 Å². The molecule has 0 saturated carbocycles. The first kappa shape index (κ1) is 12.9. The Bertz CT molecular complexity index is 440. The van der Waals surface area contributed by atoms with Crippen LogP contribution in [0.2, 0.25) is 0 Å². The number of amides is 1. The van der Waals surface area contributed by atoms with Gasteiger partial charge >= 0.3 is 5.97 Å². The fourth-order valence-corrected chi connectivity index (χ4v) is 1.01. The average molecular weight is 237 g/mol. The van der Waals surface area contributed by atoms with Gasteiger partial charge in [0, 0.05) is 6.08 Å². The summed E-state index contributed by atoms with van der Waals surface area (Å²) >= 11 is 0. The van der Waals surface area contributed by atoms with E-state index in [1.807, 2.05) is 0 Å². The van der Waals surface area contributed by atoms with Gasteiger partial charge in [0.1, 0.15) is 5.82 Å². The molecule has 0 aromatic heterocycles. The normalized spacial score (nSPS) is 12.4. The van der Waals surface area contributed by atoms with Crippen molar-refractivity contribution in [1.29, 1.82) is 0 Å². The van der Waals surface area contributed by atoms with Crippen LogP contribution in [0.25, 0.3) is 6.08 Å². The predicted molar refractivity (Wildman–Crippen MR) is 60.2 cm³/mol. The van der Waals surface area contributed by atoms with Crippen molar-refractivity contribution in [3.63, 3.8) is 0 Å². The van der Waals surface area contributed by atoms with Gasteiger partial charge in [-0.15, -0.1) is 0 Å². The highest BCUT2D eigenvalue weighted by molar-refractivity contribution is 5.89. The van der Waals surface area contributed by atoms with Crippen molar-refractivity contribution >= 4 is 18.0 Å². The van der Waals surface area contributed by atoms with Crippen molar-refractivity contribution < 1.29 is 18.7 Å². The monoisotopic (exact) mass is 237 g/mol. The van der Waals surface area contributed by atoms with Crippen molar-refractivity contribution in [3.05, 3.63) is 41.7 Å². The zero-order valence-corrected chi connectivity index (χ0v) is 9.22. The number of esters is 1. The maximum absolute atomic E-state index is 12.6. The van der Waals surface area contributed by atoms with Crippen molar-refractivity contribution in [2.75, 3.05) is 0 Å². The number of carbonyl (C=O) groups is 2. The molecule has 1 aromatic rings. The number of carbonyl (C=O) groups excluding carboxylic acids is 2. The van der Waals surface area contributed by atoms with E-state index >= 15 is 0 Å². The summed E-state index contributed by atoms with van der Waals surface area (Å²) in [4.78, 5) is 21.8. The second-order valence-corrected chi connectivity index (χ2v) is 3.37. The maximum Gasteiger partial charge on any atom is 0.331 e. The standard InChI is InChI=1S/C12H12FNO3/c1-8(12(14)16)17-11(15)7-4-9-2-5-10(13)6-3-9/h2-8H,1H3,(H2,14,16)/b7-4+/t8-/m1/s1. The van der Waals surface area contributed by atoms with Crippen molar-refractivity contribution in [2.24, 2.45) is 5.73 Å². The Morgan fingerprint density at radius 1 is 1.35 bits per heavy atom. The van der Waals surface area contributed by atoms with Gasteiger partial charge in [-0.25, -0.2) is 9.18 Å². The van der Waals surface area contributed by atoms with Crippen molar-refractivity contribution in [2.45, 2.75) is 13.0 Å². The zero-order valence-electron chi connectivity index (χ0n) is 9.22. The zero-order chi connectivity index (χ0) is 12.8. The molecular weight excluding hydrogens is 225 g/mol. The van der Waals surface area contributed by atoms with Crippen LogP contribution in [0.1, 0.15) is 12.5 Å². The average Bonchev–Trinajstić information content (AvgIpc) is 2.28. The molecule has 0 unspecified atom stereocenters. The van der Waals surface area contributed by atoms with Crippen molar-refractivity contribution in [3.8, 4) is 0 Å². The Hall–Kier alpha value is -2.17. The molecule has 0 radical (unpaired) electrons. The van der Waals surface area contributed by atoms with E-state index in [4.69, 9.17) is 5.73 Å². The first-order valence-corrected chi connectivity index (χ1v) is 4.92. The Morgan fingerprint density at radius 3 is 2.47 bits per heavy atom. The summed E-state index contributed by atoms with van der Waals surface area (Å²) in [5.74, 6) is -1.75. The molecule has 0 spiro atoms. The number of hydrogen-bond donors (Lipinski definition) is 1. The first-order chi connectivity index (χ1) is 7.99. The maximum atomic E-state index is 12.6. The highest BCUT2D eigenvalue weighted by Crippen LogP contribution is 2.05. The lowest BCUT2D eigenvalue weighted by molar-refractivity contribution is -0.148. The Balaban J connectivity index is 2.56. The van der Waals surface area contributed by atoms with Crippen LogP contribution in [0, 0.1) is 5.82 Å². The van der Waals surface area contributed by atoms with Crippen LogP contribution in [-0.2, 0) is 14.3 Å². The molecule has 0 aliphatic heterocycles. The second-order valence-electron chi connectivity index (χ2n) is 3.37. The number of halogens is 1. The van der Waals surface area contributed by atoms with Gasteiger partial charge in [-0.05, 0) is 30.7 Å². The topological polar surface area (TPSA) is 69.4 Å². The van der Waals surface area contributed by atoms with Crippen LogP contribution in [0.15, 0.2) is 30.3 Å². The lowest BCUT2D eigenvalue weighted by atomic mass is 10.2. The highest BCUT2D eigenvalue weighted by Gasteiger charge is 2.11. The lowest BCUT2D eigenvalue weighted by Crippen LogP contribution is -2.29. The van der Waals surface area contributed by atoms with E-state index < -0.39 is 18.0 Å². The third-order valence-corrected chi connectivity index (χ3v) is 1.98. The van der Waals surface area contributed by atoms with E-state index in [0.29, 0.717) is 5.56 Å². The molecule has 0 aliphatic rings. The van der Waals surface area contributed by atoms with Crippen LogP contribution in [0.4, 0.5) is 4.39 Å². The molecule has 0 heterocycles. The molecule has 4 nitrogen and oxygen atoms in total. The molecule has 1 atom stereocenters. The number of nitrogens with two attached hydrogens (primary N) is 1. The number of benzene rings is 1. The first-order valence-electron chi connectivity index (χ1n) is 4.92. The largest absolute Gasteiger partial charge is 0.449 e. The smallest absolute Gasteiger partial charge is 0.331 e. The van der Waals surface area contributed by atoms with E-state index in [1.54, 1.807) is 0 Å². The third kappa shape index (κ3) is 4.46. The Kier molecular flexibility index (Phi) is 4.39. The minimum Gasteiger partial charge on any atom is -0.449 e. The molecule has 5 heteroatoms. The van der Waals surface area contributed by atoms with Gasteiger partial charge in [0.15, 0.2) is 6.10 Å². The van der Waals surface area contributed by atoms with Gasteiger partial charge < -0.3 is 10.5 Å². The molecule has 90 valence electrons. The summed E-state index contributed by atoms with van der Waals surface area (Å²) < 4.78 is 17.3. The SMILES string of the molecule is C[C@@H](OC(=O)/C=C/c1ccc(F)cc1)C(N)=O. The molecule has 2 N–H and O–H groups in total. The molecular formula is C12H12FNO3. The summed E-state index contributed by atoms with van der Waals surface area (Å²) in [6.45, 7) is 1.38. The number of primary amides is 1. The lowest BCUT2D eigenvalue weighted by Gasteiger charge is -2.06. The number of rotatable bonds is 4. The summed E-state index contributed by atoms with van der Waals surface area (Å²) in [6, 6.07) is 5.57. The van der Waals surface area contributed by atoms with Gasteiger partial charge in [-0.3, -0.25) is 4.79 Å². The predicted octanol–water partition coefficient (Wildman–Crippen LogP) is 1.26. The molecule has 1 aromatic carbocycles. The van der Waals surface area contributed by atoms with E-state index in [2.05, 4.69) is 4.74 Å². The number of hydrogen-bond acceptors (Lipinski definition) is 3. The second kappa shape index (κ2) is 5.79. The quantitative estimate of drug-likeness (QED) is 0.633. The highest BCUT2D eigenvalue weighted by atomic mass is 19.1. The summed E-state index contributed by atoms with van der Waals surface area (Å²) in [7, 11) is 0. The van der Waals surface area contributed by atoms with Gasteiger partial charge in [0.05, 0.1) is 0 Å². The summed E-state index contributed by atoms with van der Waals surface area (Å²) in [6.07, 6.45) is 1.63. The molecule has 1 amide bonds. The van der Waals surface area contributed by atoms with Crippen molar-refractivity contribution in [1.82, 2.24) is 0 Å². The van der Waals surface area contributed by atoms with Crippen LogP contribution in [0.3, 0.4) is 0 Å². The Morgan fingerprint density at radius 2 is 1.94 bits per heavy atom. The van der Waals surface area contributed by atoms with Gasteiger partial charge in [-0.1, -0.05) is 12.1 Å². The van der Waals surface area contributed by atoms with Gasteiger partial charge in [-0.2, -0.15) is 0 Å². The van der Waals surface area contributed by atoms with E-state index in [-0.39, 0.29) is 5.82 Å². The van der Waals surface area contributed by atoms with Crippen LogP contribution in [0.5, 0.6) is 0 Å². The summed E-state index contributed by atoms with van der Waals surface area (Å²) in [5, 5.41) is 0. The van der Waals surface area contributed by atoms with Crippen LogP contribution in [-0.4, -0.2) is 18.0 Å². The van der Waals surface area contributed by atoms with Crippen LogP contribution < -0.4 is 5.73 Å². The summed E-state index contributed by atoms with van der Waals surface area (Å²) in [5.41, 5.74) is 5.57. The van der Waals surface area contributed by atoms with E-state index in [0.717, 1.165) is 6.08 Å². The van der Waals surface area contributed by atoms with E-state index in [1.165, 1.54) is 37.3 Å². The molecule has 0 saturated heterocycles. The minimum absolute atomic E-state index is 0.355. The number of ether oxygens (including phenoxy) is 1. The third-order valence-electron chi connectivity index (χ3n) is 1.98.